The van der Waals surface area contributed by atoms with E-state index in [1.54, 1.807) is 23.4 Å². The number of carbonyl (C=O) groups is 2. The van der Waals surface area contributed by atoms with E-state index in [2.05, 4.69) is 15.3 Å². The number of rotatable bonds is 4. The molecule has 3 heterocycles. The van der Waals surface area contributed by atoms with Gasteiger partial charge in [-0.1, -0.05) is 6.07 Å². The third-order valence-electron chi connectivity index (χ3n) is 3.96. The fourth-order valence-corrected chi connectivity index (χ4v) is 3.47. The van der Waals surface area contributed by atoms with Crippen molar-refractivity contribution in [2.45, 2.75) is 19.8 Å². The topological polar surface area (TPSA) is 84.4 Å². The third kappa shape index (κ3) is 4.33. The van der Waals surface area contributed by atoms with E-state index in [9.17, 15) is 9.59 Å². The Hall–Kier alpha value is -2.48. The summed E-state index contributed by atoms with van der Waals surface area (Å²) in [6.07, 6.45) is 2.89. The van der Waals surface area contributed by atoms with Crippen LogP contribution in [0.3, 0.4) is 0 Å². The van der Waals surface area contributed by atoms with Crippen molar-refractivity contribution in [2.75, 3.05) is 25.0 Å². The quantitative estimate of drug-likeness (QED) is 0.906. The summed E-state index contributed by atoms with van der Waals surface area (Å²) in [4.78, 5) is 34.6. The Morgan fingerprint density at radius 1 is 1.44 bits per heavy atom. The maximum absolute atomic E-state index is 12.5. The number of likely N-dealkylation sites (tertiary alicyclic amines) is 1. The molecule has 0 radical (unpaired) electrons. The summed E-state index contributed by atoms with van der Waals surface area (Å²) in [5.74, 6) is 0.147. The number of aromatic nitrogens is 2. The maximum Gasteiger partial charge on any atom is 0.409 e. The molecule has 0 spiro atoms. The molecule has 8 heteroatoms. The standard InChI is InChI=1S/C17H20N4O3S/c1-2-24-17(23)21-9-5-6-12(10-21)15(22)19-14-11-25-16(20-14)13-7-3-4-8-18-13/h3-4,7-8,11-12H,2,5-6,9-10H2,1H3,(H,19,22). The van der Waals surface area contributed by atoms with Crippen LogP contribution in [0.5, 0.6) is 0 Å². The van der Waals surface area contributed by atoms with Gasteiger partial charge in [-0.05, 0) is 31.9 Å². The van der Waals surface area contributed by atoms with Crippen LogP contribution in [0.2, 0.25) is 0 Å². The molecule has 3 rings (SSSR count). The van der Waals surface area contributed by atoms with Gasteiger partial charge >= 0.3 is 6.09 Å². The number of piperidine rings is 1. The first-order valence-corrected chi connectivity index (χ1v) is 9.15. The van der Waals surface area contributed by atoms with Crippen LogP contribution in [-0.4, -0.2) is 46.6 Å². The molecule has 0 aromatic carbocycles. The molecule has 1 N–H and O–H groups in total. The number of pyridine rings is 1. The molecule has 0 saturated carbocycles. The van der Waals surface area contributed by atoms with Crippen molar-refractivity contribution in [3.8, 4) is 10.7 Å². The Balaban J connectivity index is 1.60. The Morgan fingerprint density at radius 3 is 3.08 bits per heavy atom. The van der Waals surface area contributed by atoms with Gasteiger partial charge in [-0.15, -0.1) is 11.3 Å². The van der Waals surface area contributed by atoms with E-state index in [0.29, 0.717) is 25.5 Å². The van der Waals surface area contributed by atoms with Gasteiger partial charge in [0, 0.05) is 24.7 Å². The van der Waals surface area contributed by atoms with Crippen LogP contribution in [-0.2, 0) is 9.53 Å². The molecule has 1 saturated heterocycles. The minimum atomic E-state index is -0.355. The largest absolute Gasteiger partial charge is 0.450 e. The van der Waals surface area contributed by atoms with Gasteiger partial charge in [0.1, 0.15) is 10.8 Å². The maximum atomic E-state index is 12.5. The zero-order valence-corrected chi connectivity index (χ0v) is 14.8. The van der Waals surface area contributed by atoms with E-state index in [1.165, 1.54) is 11.3 Å². The smallest absolute Gasteiger partial charge is 0.409 e. The molecule has 1 aliphatic rings. The number of hydrogen-bond acceptors (Lipinski definition) is 6. The van der Waals surface area contributed by atoms with Crippen molar-refractivity contribution in [1.82, 2.24) is 14.9 Å². The van der Waals surface area contributed by atoms with E-state index < -0.39 is 0 Å². The van der Waals surface area contributed by atoms with Crippen LogP contribution in [0.4, 0.5) is 10.6 Å². The Kier molecular flexibility index (Phi) is 5.60. The summed E-state index contributed by atoms with van der Waals surface area (Å²) in [5, 5.41) is 5.40. The highest BCUT2D eigenvalue weighted by Crippen LogP contribution is 2.25. The van der Waals surface area contributed by atoms with Crippen LogP contribution in [0.25, 0.3) is 10.7 Å². The number of nitrogens with one attached hydrogen (secondary N) is 1. The van der Waals surface area contributed by atoms with Crippen molar-refractivity contribution < 1.29 is 14.3 Å². The van der Waals surface area contributed by atoms with E-state index >= 15 is 0 Å². The number of nitrogens with zero attached hydrogens (tertiary/aromatic N) is 3. The number of amides is 2. The second-order valence-corrected chi connectivity index (χ2v) is 6.58. The molecule has 132 valence electrons. The highest BCUT2D eigenvalue weighted by molar-refractivity contribution is 7.13. The van der Waals surface area contributed by atoms with Gasteiger partial charge in [-0.25, -0.2) is 9.78 Å². The predicted molar refractivity (Wildman–Crippen MR) is 95.3 cm³/mol. The SMILES string of the molecule is CCOC(=O)N1CCCC(C(=O)Nc2csc(-c3ccccn3)n2)C1. The third-order valence-corrected chi connectivity index (χ3v) is 4.82. The van der Waals surface area contributed by atoms with Gasteiger partial charge in [-0.2, -0.15) is 0 Å². The second-order valence-electron chi connectivity index (χ2n) is 5.73. The fraction of sp³-hybridized carbons (Fsp3) is 0.412. The fourth-order valence-electron chi connectivity index (χ4n) is 2.74. The highest BCUT2D eigenvalue weighted by atomic mass is 32.1. The lowest BCUT2D eigenvalue weighted by Gasteiger charge is -2.31. The molecule has 2 amide bonds. The zero-order valence-electron chi connectivity index (χ0n) is 14.0. The van der Waals surface area contributed by atoms with Crippen LogP contribution in [0.15, 0.2) is 29.8 Å². The predicted octanol–water partition coefficient (Wildman–Crippen LogP) is 3.01. The summed E-state index contributed by atoms with van der Waals surface area (Å²) < 4.78 is 5.02. The Morgan fingerprint density at radius 2 is 2.32 bits per heavy atom. The van der Waals surface area contributed by atoms with Gasteiger partial charge in [0.15, 0.2) is 0 Å². The number of carbonyl (C=O) groups excluding carboxylic acids is 2. The van der Waals surface area contributed by atoms with E-state index in [0.717, 1.165) is 23.5 Å². The minimum Gasteiger partial charge on any atom is -0.450 e. The van der Waals surface area contributed by atoms with Crippen molar-refractivity contribution in [1.29, 1.82) is 0 Å². The Labute approximate surface area is 150 Å². The molecule has 1 fully saturated rings. The number of ether oxygens (including phenoxy) is 1. The van der Waals surface area contributed by atoms with Crippen molar-refractivity contribution >= 4 is 29.2 Å². The minimum absolute atomic E-state index is 0.119. The van der Waals surface area contributed by atoms with Crippen LogP contribution in [0.1, 0.15) is 19.8 Å². The molecular formula is C17H20N4O3S. The summed E-state index contributed by atoms with van der Waals surface area (Å²) in [7, 11) is 0. The average molecular weight is 360 g/mol. The first kappa shape index (κ1) is 17.3. The van der Waals surface area contributed by atoms with Crippen molar-refractivity contribution in [2.24, 2.45) is 5.92 Å². The Bertz CT molecular complexity index is 735. The normalized spacial score (nSPS) is 17.2. The molecule has 2 aromatic rings. The van der Waals surface area contributed by atoms with Gasteiger partial charge in [0.05, 0.1) is 18.2 Å². The summed E-state index contributed by atoms with van der Waals surface area (Å²) in [5.41, 5.74) is 0.777. The van der Waals surface area contributed by atoms with Crippen molar-refractivity contribution in [3.05, 3.63) is 29.8 Å². The molecule has 1 atom stereocenters. The molecule has 7 nitrogen and oxygen atoms in total. The summed E-state index contributed by atoms with van der Waals surface area (Å²) >= 11 is 1.43. The first-order valence-electron chi connectivity index (χ1n) is 8.27. The number of hydrogen-bond donors (Lipinski definition) is 1. The molecule has 25 heavy (non-hydrogen) atoms. The lowest BCUT2D eigenvalue weighted by molar-refractivity contribution is -0.121. The van der Waals surface area contributed by atoms with Crippen LogP contribution < -0.4 is 5.32 Å². The molecule has 2 aromatic heterocycles. The monoisotopic (exact) mass is 360 g/mol. The summed E-state index contributed by atoms with van der Waals surface area (Å²) in [6.45, 7) is 3.11. The molecule has 0 aliphatic carbocycles. The lowest BCUT2D eigenvalue weighted by atomic mass is 9.97. The van der Waals surface area contributed by atoms with Crippen LogP contribution in [0, 0.1) is 5.92 Å². The zero-order chi connectivity index (χ0) is 17.6. The lowest BCUT2D eigenvalue weighted by Crippen LogP contribution is -2.44. The number of thiazole rings is 1. The van der Waals surface area contributed by atoms with E-state index in [-0.39, 0.29) is 17.9 Å². The molecular weight excluding hydrogens is 340 g/mol. The molecule has 0 bridgehead atoms. The van der Waals surface area contributed by atoms with Gasteiger partial charge in [-0.3, -0.25) is 9.78 Å². The highest BCUT2D eigenvalue weighted by Gasteiger charge is 2.29. The van der Waals surface area contributed by atoms with E-state index in [1.807, 2.05) is 18.2 Å². The van der Waals surface area contributed by atoms with Gasteiger partial charge in [0.25, 0.3) is 0 Å². The average Bonchev–Trinajstić information content (AvgIpc) is 3.11. The van der Waals surface area contributed by atoms with Gasteiger partial charge < -0.3 is 15.0 Å². The number of anilines is 1. The van der Waals surface area contributed by atoms with Gasteiger partial charge in [0.2, 0.25) is 5.91 Å². The molecule has 1 unspecified atom stereocenters. The second kappa shape index (κ2) is 8.06. The van der Waals surface area contributed by atoms with E-state index in [4.69, 9.17) is 4.74 Å². The first-order chi connectivity index (χ1) is 12.2. The van der Waals surface area contributed by atoms with Crippen LogP contribution >= 0.6 is 11.3 Å². The van der Waals surface area contributed by atoms with Crippen molar-refractivity contribution in [3.63, 3.8) is 0 Å². The molecule has 1 aliphatic heterocycles. The summed E-state index contributed by atoms with van der Waals surface area (Å²) in [6, 6.07) is 5.62.